The van der Waals surface area contributed by atoms with Gasteiger partial charge < -0.3 is 9.47 Å². The Labute approximate surface area is 113 Å². The van der Waals surface area contributed by atoms with Crippen LogP contribution in [0.15, 0.2) is 0 Å². The maximum atomic E-state index is 11.2. The molecule has 4 nitrogen and oxygen atoms in total. The van der Waals surface area contributed by atoms with Gasteiger partial charge in [0, 0.05) is 6.42 Å². The van der Waals surface area contributed by atoms with Crippen molar-refractivity contribution in [2.45, 2.75) is 40.5 Å². The standard InChI is InChI=1S/C10H18O4.Na.H/c1-5-6-8(11)13-7-14-9(12)10(2,3)4;;/h5-7H2,1-4H3;;. The summed E-state index contributed by atoms with van der Waals surface area (Å²) < 4.78 is 9.41. The molecule has 0 spiro atoms. The first kappa shape index (κ1) is 17.3. The molecule has 5 heteroatoms. The SMILES string of the molecule is CCCC(=O)OCOC(=O)C(C)(C)C.[NaH]. The number of hydrogen-bond donors (Lipinski definition) is 0. The molecule has 0 radical (unpaired) electrons. The van der Waals surface area contributed by atoms with Crippen molar-refractivity contribution in [1.29, 1.82) is 0 Å². The Morgan fingerprint density at radius 1 is 1.13 bits per heavy atom. The molecule has 0 heterocycles. The van der Waals surface area contributed by atoms with Crippen molar-refractivity contribution in [3.63, 3.8) is 0 Å². The second-order valence-corrected chi connectivity index (χ2v) is 4.07. The topological polar surface area (TPSA) is 52.6 Å². The minimum absolute atomic E-state index is 0. The summed E-state index contributed by atoms with van der Waals surface area (Å²) in [6.45, 7) is 6.81. The molecule has 0 aliphatic heterocycles. The first-order valence-electron chi connectivity index (χ1n) is 4.70. The number of esters is 2. The molecule has 0 saturated heterocycles. The number of carbonyl (C=O) groups excluding carboxylic acids is 2. The van der Waals surface area contributed by atoms with Crippen molar-refractivity contribution in [2.24, 2.45) is 5.41 Å². The third kappa shape index (κ3) is 8.90. The molecule has 0 aliphatic rings. The molecule has 0 aromatic heterocycles. The summed E-state index contributed by atoms with van der Waals surface area (Å²) >= 11 is 0. The van der Waals surface area contributed by atoms with E-state index < -0.39 is 5.41 Å². The Morgan fingerprint density at radius 3 is 2.07 bits per heavy atom. The van der Waals surface area contributed by atoms with Gasteiger partial charge in [-0.15, -0.1) is 0 Å². The molecule has 0 fully saturated rings. The third-order valence-corrected chi connectivity index (χ3v) is 1.48. The van der Waals surface area contributed by atoms with Crippen molar-refractivity contribution >= 4 is 41.5 Å². The van der Waals surface area contributed by atoms with Gasteiger partial charge in [-0.05, 0) is 27.2 Å². The van der Waals surface area contributed by atoms with Gasteiger partial charge in [0.25, 0.3) is 0 Å². The fraction of sp³-hybridized carbons (Fsp3) is 0.800. The van der Waals surface area contributed by atoms with Gasteiger partial charge in [0.15, 0.2) is 0 Å². The summed E-state index contributed by atoms with van der Waals surface area (Å²) in [5, 5.41) is 0. The summed E-state index contributed by atoms with van der Waals surface area (Å²) in [6.07, 6.45) is 1.08. The summed E-state index contributed by atoms with van der Waals surface area (Å²) in [6, 6.07) is 0. The fourth-order valence-electron chi connectivity index (χ4n) is 0.642. The first-order valence-corrected chi connectivity index (χ1v) is 4.70. The molecule has 0 aromatic carbocycles. The van der Waals surface area contributed by atoms with Crippen LogP contribution in [-0.2, 0) is 19.1 Å². The van der Waals surface area contributed by atoms with E-state index in [1.54, 1.807) is 20.8 Å². The van der Waals surface area contributed by atoms with Crippen LogP contribution in [0.5, 0.6) is 0 Å². The van der Waals surface area contributed by atoms with E-state index in [1.165, 1.54) is 0 Å². The van der Waals surface area contributed by atoms with Crippen molar-refractivity contribution in [2.75, 3.05) is 6.79 Å². The minimum atomic E-state index is -0.558. The summed E-state index contributed by atoms with van der Waals surface area (Å²) in [4.78, 5) is 22.1. The van der Waals surface area contributed by atoms with Crippen molar-refractivity contribution in [1.82, 2.24) is 0 Å². The van der Waals surface area contributed by atoms with E-state index in [0.29, 0.717) is 6.42 Å². The molecular weight excluding hydrogens is 207 g/mol. The molecule has 84 valence electrons. The van der Waals surface area contributed by atoms with E-state index in [-0.39, 0.29) is 48.3 Å². The molecule has 0 aliphatic carbocycles. The van der Waals surface area contributed by atoms with Gasteiger partial charge in [-0.25, -0.2) is 0 Å². The number of rotatable bonds is 4. The van der Waals surface area contributed by atoms with Gasteiger partial charge in [0.1, 0.15) is 0 Å². The van der Waals surface area contributed by atoms with Gasteiger partial charge in [-0.3, -0.25) is 9.59 Å². The summed E-state index contributed by atoms with van der Waals surface area (Å²) in [5.41, 5.74) is -0.558. The van der Waals surface area contributed by atoms with Crippen LogP contribution in [0.25, 0.3) is 0 Å². The number of ether oxygens (including phenoxy) is 2. The van der Waals surface area contributed by atoms with Crippen LogP contribution in [-0.4, -0.2) is 48.3 Å². The van der Waals surface area contributed by atoms with Crippen LogP contribution in [0.1, 0.15) is 40.5 Å². The van der Waals surface area contributed by atoms with Crippen molar-refractivity contribution in [3.05, 3.63) is 0 Å². The van der Waals surface area contributed by atoms with E-state index in [4.69, 9.17) is 4.74 Å². The van der Waals surface area contributed by atoms with Crippen LogP contribution in [0, 0.1) is 5.41 Å². The van der Waals surface area contributed by atoms with E-state index in [0.717, 1.165) is 6.42 Å². The zero-order valence-electron chi connectivity index (χ0n) is 9.25. The predicted octanol–water partition coefficient (Wildman–Crippen LogP) is 1.23. The van der Waals surface area contributed by atoms with Gasteiger partial charge in [0.05, 0.1) is 5.41 Å². The first-order chi connectivity index (χ1) is 6.38. The van der Waals surface area contributed by atoms with E-state index >= 15 is 0 Å². The average Bonchev–Trinajstić information content (AvgIpc) is 2.02. The molecule has 15 heavy (non-hydrogen) atoms. The molecule has 0 bridgehead atoms. The third-order valence-electron chi connectivity index (χ3n) is 1.48. The van der Waals surface area contributed by atoms with Crippen LogP contribution in [0.3, 0.4) is 0 Å². The molecule has 0 aromatic rings. The fourth-order valence-corrected chi connectivity index (χ4v) is 0.642. The Kier molecular flexibility index (Phi) is 9.40. The van der Waals surface area contributed by atoms with Gasteiger partial charge in [-0.2, -0.15) is 0 Å². The van der Waals surface area contributed by atoms with Crippen LogP contribution in [0.2, 0.25) is 0 Å². The Hall–Kier alpha value is -0.0600. The van der Waals surface area contributed by atoms with Crippen molar-refractivity contribution < 1.29 is 19.1 Å². The molecule has 0 unspecified atom stereocenters. The van der Waals surface area contributed by atoms with E-state index in [2.05, 4.69) is 4.74 Å². The molecule has 0 atom stereocenters. The zero-order valence-corrected chi connectivity index (χ0v) is 9.25. The number of hydrogen-bond acceptors (Lipinski definition) is 4. The molecule has 0 amide bonds. The van der Waals surface area contributed by atoms with Crippen LogP contribution >= 0.6 is 0 Å². The Balaban J connectivity index is 0. The molecule has 0 rings (SSSR count). The van der Waals surface area contributed by atoms with E-state index in [9.17, 15) is 9.59 Å². The summed E-state index contributed by atoms with van der Waals surface area (Å²) in [7, 11) is 0. The monoisotopic (exact) mass is 226 g/mol. The van der Waals surface area contributed by atoms with Crippen LogP contribution in [0.4, 0.5) is 0 Å². The predicted molar refractivity (Wildman–Crippen MR) is 58.6 cm³/mol. The van der Waals surface area contributed by atoms with E-state index in [1.807, 2.05) is 6.92 Å². The second kappa shape index (κ2) is 8.13. The number of carbonyl (C=O) groups is 2. The molecule has 0 N–H and O–H groups in total. The molecular formula is C10H19NaO4. The normalized spacial score (nSPS) is 10.1. The summed E-state index contributed by atoms with van der Waals surface area (Å²) in [5.74, 6) is -0.712. The average molecular weight is 226 g/mol. The Bertz CT molecular complexity index is 208. The van der Waals surface area contributed by atoms with Gasteiger partial charge >= 0.3 is 41.5 Å². The van der Waals surface area contributed by atoms with Crippen molar-refractivity contribution in [3.8, 4) is 0 Å². The van der Waals surface area contributed by atoms with Gasteiger partial charge in [0.2, 0.25) is 6.79 Å². The quantitative estimate of drug-likeness (QED) is 0.411. The van der Waals surface area contributed by atoms with Crippen LogP contribution < -0.4 is 0 Å². The zero-order chi connectivity index (χ0) is 11.2. The second-order valence-electron chi connectivity index (χ2n) is 4.07. The Morgan fingerprint density at radius 2 is 1.67 bits per heavy atom. The van der Waals surface area contributed by atoms with Gasteiger partial charge in [-0.1, -0.05) is 6.92 Å². The maximum absolute atomic E-state index is 11.2. The molecule has 0 saturated carbocycles.